The van der Waals surface area contributed by atoms with Gasteiger partial charge in [-0.3, -0.25) is 5.32 Å². The number of carbonyl (C=O) groups is 1. The van der Waals surface area contributed by atoms with E-state index in [9.17, 15) is 9.59 Å². The molecule has 0 aliphatic heterocycles. The topological polar surface area (TPSA) is 83.4 Å². The van der Waals surface area contributed by atoms with Gasteiger partial charge in [-0.05, 0) is 49.6 Å². The van der Waals surface area contributed by atoms with E-state index in [1.165, 1.54) is 6.42 Å². The lowest BCUT2D eigenvalue weighted by molar-refractivity contribution is 0.262. The molecule has 2 amide bonds. The first-order valence-electron chi connectivity index (χ1n) is 10.2. The fraction of sp³-hybridized carbons (Fsp3) is 0.304. The molecule has 0 atom stereocenters. The van der Waals surface area contributed by atoms with Gasteiger partial charge in [-0.25, -0.2) is 9.59 Å². The zero-order valence-electron chi connectivity index (χ0n) is 16.8. The molecule has 0 radical (unpaired) electrons. The van der Waals surface area contributed by atoms with Gasteiger partial charge in [0.05, 0.1) is 5.69 Å². The smallest absolute Gasteiger partial charge is 0.362 e. The van der Waals surface area contributed by atoms with Crippen LogP contribution in [-0.2, 0) is 0 Å². The number of rotatable bonds is 4. The highest BCUT2D eigenvalue weighted by molar-refractivity contribution is 6.31. The van der Waals surface area contributed by atoms with Gasteiger partial charge in [0, 0.05) is 22.1 Å². The molecule has 1 heterocycles. The van der Waals surface area contributed by atoms with Gasteiger partial charge in [0.15, 0.2) is 5.69 Å². The fourth-order valence-corrected chi connectivity index (χ4v) is 4.03. The van der Waals surface area contributed by atoms with E-state index in [-0.39, 0.29) is 11.7 Å². The number of halogens is 1. The van der Waals surface area contributed by atoms with Crippen molar-refractivity contribution in [1.82, 2.24) is 0 Å². The Morgan fingerprint density at radius 2 is 1.80 bits per heavy atom. The number of anilines is 3. The van der Waals surface area contributed by atoms with Crippen molar-refractivity contribution in [2.24, 2.45) is 0 Å². The second kappa shape index (κ2) is 8.79. The molecule has 3 N–H and O–H groups in total. The Labute approximate surface area is 179 Å². The van der Waals surface area contributed by atoms with Crippen molar-refractivity contribution < 1.29 is 9.21 Å². The van der Waals surface area contributed by atoms with E-state index in [0.29, 0.717) is 22.0 Å². The second-order valence-electron chi connectivity index (χ2n) is 7.65. The van der Waals surface area contributed by atoms with Crippen molar-refractivity contribution in [3.05, 3.63) is 63.5 Å². The summed E-state index contributed by atoms with van der Waals surface area (Å²) in [5.74, 6) is 0. The van der Waals surface area contributed by atoms with Crippen LogP contribution >= 0.6 is 11.6 Å². The minimum atomic E-state index is -0.593. The maximum atomic E-state index is 12.7. The van der Waals surface area contributed by atoms with Crippen LogP contribution in [0.15, 0.2) is 51.7 Å². The molecule has 7 heteroatoms. The molecule has 1 aromatic heterocycles. The van der Waals surface area contributed by atoms with Gasteiger partial charge in [-0.15, -0.1) is 0 Å². The predicted molar refractivity (Wildman–Crippen MR) is 122 cm³/mol. The average molecular weight is 426 g/mol. The number of carbonyl (C=O) groups excluding carboxylic acids is 1. The molecule has 0 unspecified atom stereocenters. The van der Waals surface area contributed by atoms with Crippen LogP contribution in [0, 0.1) is 6.92 Å². The van der Waals surface area contributed by atoms with Crippen LogP contribution in [0.25, 0.3) is 11.0 Å². The largest absolute Gasteiger partial charge is 0.421 e. The third kappa shape index (κ3) is 4.44. The normalized spacial score (nSPS) is 14.5. The molecule has 1 fully saturated rings. The van der Waals surface area contributed by atoms with E-state index in [4.69, 9.17) is 16.0 Å². The predicted octanol–water partition coefficient (Wildman–Crippen LogP) is 6.14. The van der Waals surface area contributed by atoms with Crippen LogP contribution < -0.4 is 21.6 Å². The number of urea groups is 1. The lowest BCUT2D eigenvalue weighted by atomic mass is 9.95. The van der Waals surface area contributed by atoms with Gasteiger partial charge in [0.1, 0.15) is 5.58 Å². The van der Waals surface area contributed by atoms with Crippen molar-refractivity contribution in [3.63, 3.8) is 0 Å². The maximum absolute atomic E-state index is 12.7. The molecule has 1 aliphatic carbocycles. The molecule has 0 bridgehead atoms. The number of benzene rings is 2. The van der Waals surface area contributed by atoms with Crippen LogP contribution in [0.3, 0.4) is 0 Å². The fourth-order valence-electron chi connectivity index (χ4n) is 3.86. The Balaban J connectivity index is 1.67. The Kier molecular flexibility index (Phi) is 5.95. The molecule has 6 nitrogen and oxygen atoms in total. The van der Waals surface area contributed by atoms with Gasteiger partial charge >= 0.3 is 11.7 Å². The summed E-state index contributed by atoms with van der Waals surface area (Å²) in [7, 11) is 0. The van der Waals surface area contributed by atoms with E-state index >= 15 is 0 Å². The summed E-state index contributed by atoms with van der Waals surface area (Å²) in [5, 5.41) is 10.2. The van der Waals surface area contributed by atoms with Gasteiger partial charge in [0.2, 0.25) is 0 Å². The van der Waals surface area contributed by atoms with Crippen LogP contribution in [0.4, 0.5) is 21.9 Å². The van der Waals surface area contributed by atoms with Crippen molar-refractivity contribution in [2.75, 3.05) is 16.0 Å². The third-order valence-corrected chi connectivity index (χ3v) is 5.69. The number of aryl methyl sites for hydroxylation is 1. The SMILES string of the molecule is Cc1ccc(Cl)cc1NC(=O)Nc1c(NC2CCCCC2)c2ccccc2oc1=O. The third-order valence-electron chi connectivity index (χ3n) is 5.45. The quantitative estimate of drug-likeness (QED) is 0.438. The van der Waals surface area contributed by atoms with Crippen molar-refractivity contribution in [2.45, 2.75) is 45.1 Å². The van der Waals surface area contributed by atoms with E-state index in [0.717, 1.165) is 36.6 Å². The van der Waals surface area contributed by atoms with Crippen LogP contribution in [0.5, 0.6) is 0 Å². The van der Waals surface area contributed by atoms with Crippen LogP contribution in [-0.4, -0.2) is 12.1 Å². The molecular formula is C23H24ClN3O3. The molecule has 0 spiro atoms. The summed E-state index contributed by atoms with van der Waals surface area (Å²) in [6, 6.07) is 12.3. The van der Waals surface area contributed by atoms with Crippen LogP contribution in [0.1, 0.15) is 37.7 Å². The zero-order chi connectivity index (χ0) is 21.1. The van der Waals surface area contributed by atoms with E-state index in [2.05, 4.69) is 16.0 Å². The molecule has 156 valence electrons. The van der Waals surface area contributed by atoms with Crippen molar-refractivity contribution in [3.8, 4) is 0 Å². The summed E-state index contributed by atoms with van der Waals surface area (Å²) in [6.45, 7) is 1.87. The summed E-state index contributed by atoms with van der Waals surface area (Å²) in [6.07, 6.45) is 5.58. The van der Waals surface area contributed by atoms with E-state index in [1.807, 2.05) is 31.2 Å². The Hall–Kier alpha value is -2.99. The van der Waals surface area contributed by atoms with Gasteiger partial charge in [0.25, 0.3) is 0 Å². The minimum Gasteiger partial charge on any atom is -0.421 e. The molecule has 30 heavy (non-hydrogen) atoms. The average Bonchev–Trinajstić information content (AvgIpc) is 2.74. The van der Waals surface area contributed by atoms with Gasteiger partial charge in [-0.1, -0.05) is 49.1 Å². The molecule has 1 saturated carbocycles. The highest BCUT2D eigenvalue weighted by atomic mass is 35.5. The highest BCUT2D eigenvalue weighted by Gasteiger charge is 2.21. The van der Waals surface area contributed by atoms with E-state index < -0.39 is 11.7 Å². The zero-order valence-corrected chi connectivity index (χ0v) is 17.5. The number of amides is 2. The lowest BCUT2D eigenvalue weighted by Crippen LogP contribution is -2.28. The number of hydrogen-bond acceptors (Lipinski definition) is 4. The monoisotopic (exact) mass is 425 g/mol. The van der Waals surface area contributed by atoms with Gasteiger partial charge < -0.3 is 15.1 Å². The Morgan fingerprint density at radius 3 is 2.60 bits per heavy atom. The molecule has 1 aliphatic rings. The molecule has 4 rings (SSSR count). The van der Waals surface area contributed by atoms with Crippen LogP contribution in [0.2, 0.25) is 5.02 Å². The summed E-state index contributed by atoms with van der Waals surface area (Å²) in [5.41, 5.74) is 2.04. The van der Waals surface area contributed by atoms with Gasteiger partial charge in [-0.2, -0.15) is 0 Å². The lowest BCUT2D eigenvalue weighted by Gasteiger charge is -2.25. The standard InChI is InChI=1S/C23H24ClN3O3/c1-14-11-12-15(24)13-18(14)26-23(29)27-21-20(25-16-7-3-2-4-8-16)17-9-5-6-10-19(17)30-22(21)28/h5-6,9-13,16,25H,2-4,7-8H2,1H3,(H2,26,27,29). The molecule has 3 aromatic rings. The highest BCUT2D eigenvalue weighted by Crippen LogP contribution is 2.32. The number of para-hydroxylation sites is 1. The Bertz CT molecular complexity index is 1140. The first-order chi connectivity index (χ1) is 14.5. The number of fused-ring (bicyclic) bond motifs is 1. The minimum absolute atomic E-state index is 0.108. The first kappa shape index (κ1) is 20.3. The number of nitrogens with one attached hydrogen (secondary N) is 3. The first-order valence-corrected chi connectivity index (χ1v) is 10.6. The molecular weight excluding hydrogens is 402 g/mol. The summed E-state index contributed by atoms with van der Waals surface area (Å²) in [4.78, 5) is 25.4. The van der Waals surface area contributed by atoms with Crippen molar-refractivity contribution in [1.29, 1.82) is 0 Å². The molecule has 2 aromatic carbocycles. The maximum Gasteiger partial charge on any atom is 0.362 e. The number of hydrogen-bond donors (Lipinski definition) is 3. The summed E-state index contributed by atoms with van der Waals surface area (Å²) < 4.78 is 5.46. The Morgan fingerprint density at radius 1 is 1.03 bits per heavy atom. The second-order valence-corrected chi connectivity index (χ2v) is 8.09. The van der Waals surface area contributed by atoms with E-state index in [1.54, 1.807) is 18.2 Å². The van der Waals surface area contributed by atoms with Crippen molar-refractivity contribution >= 4 is 45.7 Å². The molecule has 0 saturated heterocycles. The summed E-state index contributed by atoms with van der Waals surface area (Å²) >= 11 is 6.04.